The molecule has 0 N–H and O–H groups in total. The first-order chi connectivity index (χ1) is 7.74. The Bertz CT molecular complexity index is 355. The summed E-state index contributed by atoms with van der Waals surface area (Å²) in [5.74, 6) is 0.468. The molecule has 2 rings (SSSR count). The number of carbonyl (C=O) groups excluding carboxylic acids is 1. The van der Waals surface area contributed by atoms with Crippen molar-refractivity contribution >= 4 is 5.78 Å². The van der Waals surface area contributed by atoms with Crippen molar-refractivity contribution in [2.45, 2.75) is 45.4 Å². The SMILES string of the molecule is CC[C@]1(CCc2ccccc2)CCC(=O)C1. The van der Waals surface area contributed by atoms with Crippen molar-refractivity contribution in [3.8, 4) is 0 Å². The maximum absolute atomic E-state index is 11.4. The van der Waals surface area contributed by atoms with Crippen LogP contribution in [0.5, 0.6) is 0 Å². The second-order valence-electron chi connectivity index (χ2n) is 5.05. The number of ketones is 1. The average Bonchev–Trinajstić information content (AvgIpc) is 2.71. The molecule has 0 heterocycles. The quantitative estimate of drug-likeness (QED) is 0.748. The second kappa shape index (κ2) is 4.82. The second-order valence-corrected chi connectivity index (χ2v) is 5.05. The summed E-state index contributed by atoms with van der Waals surface area (Å²) in [7, 11) is 0. The average molecular weight is 216 g/mol. The van der Waals surface area contributed by atoms with Crippen molar-refractivity contribution in [1.29, 1.82) is 0 Å². The van der Waals surface area contributed by atoms with Gasteiger partial charge in [-0.3, -0.25) is 4.79 Å². The Morgan fingerprint density at radius 3 is 2.56 bits per heavy atom. The molecule has 16 heavy (non-hydrogen) atoms. The maximum Gasteiger partial charge on any atom is 0.133 e. The third kappa shape index (κ3) is 2.52. The number of aryl methyl sites for hydroxylation is 1. The van der Waals surface area contributed by atoms with Gasteiger partial charge in [-0.15, -0.1) is 0 Å². The lowest BCUT2D eigenvalue weighted by atomic mass is 9.78. The standard InChI is InChI=1S/C15H20O/c1-2-15(11-9-14(16)12-15)10-8-13-6-4-3-5-7-13/h3-7H,2,8-12H2,1H3/t15-/m0/s1. The molecule has 1 heteroatoms. The van der Waals surface area contributed by atoms with Crippen LogP contribution < -0.4 is 0 Å². The molecule has 1 aromatic carbocycles. The molecule has 0 unspecified atom stereocenters. The number of hydrogen-bond acceptors (Lipinski definition) is 1. The summed E-state index contributed by atoms with van der Waals surface area (Å²) in [5.41, 5.74) is 1.71. The molecule has 0 radical (unpaired) electrons. The predicted molar refractivity (Wildman–Crippen MR) is 66.3 cm³/mol. The highest BCUT2D eigenvalue weighted by Crippen LogP contribution is 2.42. The fourth-order valence-corrected chi connectivity index (χ4v) is 2.75. The highest BCUT2D eigenvalue weighted by atomic mass is 16.1. The number of Topliss-reactive ketones (excluding diaryl/α,β-unsaturated/α-hetero) is 1. The number of benzene rings is 1. The Balaban J connectivity index is 1.96. The van der Waals surface area contributed by atoms with Crippen LogP contribution in [0.2, 0.25) is 0 Å². The highest BCUT2D eigenvalue weighted by Gasteiger charge is 2.36. The van der Waals surface area contributed by atoms with Gasteiger partial charge in [0, 0.05) is 12.8 Å². The third-order valence-corrected chi connectivity index (χ3v) is 4.04. The highest BCUT2D eigenvalue weighted by molar-refractivity contribution is 5.81. The Hall–Kier alpha value is -1.11. The molecule has 1 atom stereocenters. The van der Waals surface area contributed by atoms with E-state index in [1.807, 2.05) is 0 Å². The summed E-state index contributed by atoms with van der Waals surface area (Å²) in [5, 5.41) is 0. The van der Waals surface area contributed by atoms with E-state index in [1.54, 1.807) is 0 Å². The van der Waals surface area contributed by atoms with Crippen molar-refractivity contribution in [2.24, 2.45) is 5.41 Å². The molecular weight excluding hydrogens is 196 g/mol. The van der Waals surface area contributed by atoms with Gasteiger partial charge in [0.15, 0.2) is 0 Å². The Labute approximate surface area is 97.9 Å². The molecule has 0 bridgehead atoms. The molecule has 86 valence electrons. The van der Waals surface area contributed by atoms with E-state index >= 15 is 0 Å². The van der Waals surface area contributed by atoms with Gasteiger partial charge in [0.2, 0.25) is 0 Å². The van der Waals surface area contributed by atoms with Crippen LogP contribution in [0.4, 0.5) is 0 Å². The van der Waals surface area contributed by atoms with Gasteiger partial charge < -0.3 is 0 Å². The number of hydrogen-bond donors (Lipinski definition) is 0. The van der Waals surface area contributed by atoms with Gasteiger partial charge in [0.1, 0.15) is 5.78 Å². The van der Waals surface area contributed by atoms with Gasteiger partial charge in [-0.2, -0.15) is 0 Å². The molecule has 1 nitrogen and oxygen atoms in total. The zero-order valence-corrected chi connectivity index (χ0v) is 10.0. The lowest BCUT2D eigenvalue weighted by Crippen LogP contribution is -2.17. The molecule has 0 spiro atoms. The lowest BCUT2D eigenvalue weighted by molar-refractivity contribution is -0.118. The normalized spacial score (nSPS) is 24.9. The lowest BCUT2D eigenvalue weighted by Gasteiger charge is -2.26. The van der Waals surface area contributed by atoms with E-state index in [0.717, 1.165) is 32.1 Å². The monoisotopic (exact) mass is 216 g/mol. The zero-order chi connectivity index (χ0) is 11.4. The van der Waals surface area contributed by atoms with E-state index in [4.69, 9.17) is 0 Å². The molecule has 1 aliphatic rings. The molecule has 0 aliphatic heterocycles. The van der Waals surface area contributed by atoms with Crippen LogP contribution in [0.3, 0.4) is 0 Å². The molecule has 1 aromatic rings. The van der Waals surface area contributed by atoms with Crippen LogP contribution in [0.25, 0.3) is 0 Å². The largest absolute Gasteiger partial charge is 0.300 e. The Morgan fingerprint density at radius 2 is 2.00 bits per heavy atom. The first-order valence-corrected chi connectivity index (χ1v) is 6.30. The molecule has 0 saturated heterocycles. The molecule has 1 aliphatic carbocycles. The van der Waals surface area contributed by atoms with Gasteiger partial charge in [0.25, 0.3) is 0 Å². The van der Waals surface area contributed by atoms with Crippen LogP contribution in [0.15, 0.2) is 30.3 Å². The van der Waals surface area contributed by atoms with E-state index in [2.05, 4.69) is 37.3 Å². The van der Waals surface area contributed by atoms with Crippen LogP contribution in [0, 0.1) is 5.41 Å². The first-order valence-electron chi connectivity index (χ1n) is 6.30. The minimum absolute atomic E-state index is 0.312. The van der Waals surface area contributed by atoms with Crippen LogP contribution in [0.1, 0.15) is 44.6 Å². The van der Waals surface area contributed by atoms with Crippen LogP contribution >= 0.6 is 0 Å². The third-order valence-electron chi connectivity index (χ3n) is 4.04. The van der Waals surface area contributed by atoms with Gasteiger partial charge >= 0.3 is 0 Å². The molecule has 0 aromatic heterocycles. The zero-order valence-electron chi connectivity index (χ0n) is 10.0. The van der Waals surface area contributed by atoms with Crippen LogP contribution in [-0.4, -0.2) is 5.78 Å². The van der Waals surface area contributed by atoms with E-state index in [-0.39, 0.29) is 0 Å². The summed E-state index contributed by atoms with van der Waals surface area (Å²) < 4.78 is 0. The van der Waals surface area contributed by atoms with E-state index in [0.29, 0.717) is 11.2 Å². The fourth-order valence-electron chi connectivity index (χ4n) is 2.75. The smallest absolute Gasteiger partial charge is 0.133 e. The van der Waals surface area contributed by atoms with Gasteiger partial charge in [-0.1, -0.05) is 43.7 Å². The summed E-state index contributed by atoms with van der Waals surface area (Å²) >= 11 is 0. The predicted octanol–water partition coefficient (Wildman–Crippen LogP) is 3.77. The van der Waals surface area contributed by atoms with Crippen molar-refractivity contribution in [3.63, 3.8) is 0 Å². The molecule has 1 saturated carbocycles. The van der Waals surface area contributed by atoms with Crippen molar-refractivity contribution in [2.75, 3.05) is 0 Å². The van der Waals surface area contributed by atoms with Gasteiger partial charge in [0.05, 0.1) is 0 Å². The van der Waals surface area contributed by atoms with Crippen LogP contribution in [-0.2, 0) is 11.2 Å². The van der Waals surface area contributed by atoms with Gasteiger partial charge in [-0.25, -0.2) is 0 Å². The molecule has 1 fully saturated rings. The topological polar surface area (TPSA) is 17.1 Å². The minimum atomic E-state index is 0.312. The van der Waals surface area contributed by atoms with Crippen molar-refractivity contribution in [3.05, 3.63) is 35.9 Å². The summed E-state index contributed by atoms with van der Waals surface area (Å²) in [4.78, 5) is 11.4. The Morgan fingerprint density at radius 1 is 1.25 bits per heavy atom. The summed E-state index contributed by atoms with van der Waals surface area (Å²) in [6.45, 7) is 2.23. The fraction of sp³-hybridized carbons (Fsp3) is 0.533. The summed E-state index contributed by atoms with van der Waals surface area (Å²) in [6.07, 6.45) is 6.15. The molecular formula is C15H20O. The van der Waals surface area contributed by atoms with Gasteiger partial charge in [-0.05, 0) is 30.2 Å². The molecule has 0 amide bonds. The number of carbonyl (C=O) groups is 1. The van der Waals surface area contributed by atoms with Crippen molar-refractivity contribution in [1.82, 2.24) is 0 Å². The minimum Gasteiger partial charge on any atom is -0.300 e. The van der Waals surface area contributed by atoms with E-state index in [1.165, 1.54) is 12.0 Å². The Kier molecular flexibility index (Phi) is 3.42. The maximum atomic E-state index is 11.4. The van der Waals surface area contributed by atoms with E-state index < -0.39 is 0 Å². The van der Waals surface area contributed by atoms with E-state index in [9.17, 15) is 4.79 Å². The number of rotatable bonds is 4. The first kappa shape index (κ1) is 11.4. The summed E-state index contributed by atoms with van der Waals surface area (Å²) in [6, 6.07) is 10.6. The van der Waals surface area contributed by atoms with Crippen molar-refractivity contribution < 1.29 is 4.79 Å².